The number of aryl methyl sites for hydroxylation is 1. The number of likely N-dealkylation sites (tertiary alicyclic amines) is 1. The van der Waals surface area contributed by atoms with Gasteiger partial charge in [0, 0.05) is 56.9 Å². The van der Waals surface area contributed by atoms with Crippen molar-refractivity contribution in [2.45, 2.75) is 51.0 Å². The molecule has 1 aromatic heterocycles. The summed E-state index contributed by atoms with van der Waals surface area (Å²) in [5, 5.41) is 18.3. The Kier molecular flexibility index (Phi) is 8.46. The molecule has 3 aromatic rings. The number of aromatic amines is 1. The highest BCUT2D eigenvalue weighted by molar-refractivity contribution is 5.57. The number of hydrogen-bond acceptors (Lipinski definition) is 8. The Bertz CT molecular complexity index is 1160. The van der Waals surface area contributed by atoms with Crippen LogP contribution < -0.4 is 14.4 Å². The maximum atomic E-state index is 11.2. The van der Waals surface area contributed by atoms with E-state index in [1.807, 2.05) is 19.1 Å². The number of hydrogen-bond donors (Lipinski definition) is 2. The summed E-state index contributed by atoms with van der Waals surface area (Å²) < 4.78 is 12.1. The van der Waals surface area contributed by atoms with Gasteiger partial charge in [-0.1, -0.05) is 30.3 Å². The van der Waals surface area contributed by atoms with Crippen LogP contribution in [0.15, 0.2) is 48.5 Å². The Balaban J connectivity index is 1.33. The van der Waals surface area contributed by atoms with Crippen LogP contribution in [0.25, 0.3) is 0 Å². The standard InChI is InChI=1S/C29H40N6O3/c1-21-30-28(32-31-21)19-29(36)35-16-15-34(20-24(35)17-22-7-5-4-6-8-22)23-9-10-26(37-3)27(18-23)38-25-11-13-33(2)14-12-25/h4-10,18,24-25,29,36H,11-17,19-20H2,1-3H3,(H,30,31,32). The molecule has 9 heteroatoms. The Morgan fingerprint density at radius 3 is 2.55 bits per heavy atom. The third-order valence-corrected chi connectivity index (χ3v) is 7.71. The molecule has 2 saturated heterocycles. The Morgan fingerprint density at radius 1 is 1.05 bits per heavy atom. The van der Waals surface area contributed by atoms with Gasteiger partial charge >= 0.3 is 0 Å². The van der Waals surface area contributed by atoms with Gasteiger partial charge in [0.25, 0.3) is 0 Å². The molecule has 3 heterocycles. The van der Waals surface area contributed by atoms with E-state index in [0.29, 0.717) is 12.2 Å². The average Bonchev–Trinajstić information content (AvgIpc) is 3.34. The number of methoxy groups -OCH3 is 1. The van der Waals surface area contributed by atoms with E-state index in [9.17, 15) is 5.11 Å². The summed E-state index contributed by atoms with van der Waals surface area (Å²) in [5.74, 6) is 2.98. The average molecular weight is 521 g/mol. The maximum Gasteiger partial charge on any atom is 0.163 e. The van der Waals surface area contributed by atoms with Gasteiger partial charge in [0.2, 0.25) is 0 Å². The molecule has 2 aromatic carbocycles. The quantitative estimate of drug-likeness (QED) is 0.445. The molecule has 2 unspecified atom stereocenters. The number of rotatable bonds is 9. The topological polar surface area (TPSA) is 90.0 Å². The van der Waals surface area contributed by atoms with Gasteiger partial charge in [-0.15, -0.1) is 0 Å². The van der Waals surface area contributed by atoms with Gasteiger partial charge < -0.3 is 24.4 Å². The van der Waals surface area contributed by atoms with Crippen LogP contribution in [0, 0.1) is 6.92 Å². The van der Waals surface area contributed by atoms with Crippen molar-refractivity contribution >= 4 is 5.69 Å². The molecule has 0 aliphatic carbocycles. The highest BCUT2D eigenvalue weighted by atomic mass is 16.5. The number of aliphatic hydroxyl groups is 1. The number of H-pyrrole nitrogens is 1. The van der Waals surface area contributed by atoms with Crippen LogP contribution in [0.1, 0.15) is 30.1 Å². The summed E-state index contributed by atoms with van der Waals surface area (Å²) in [6.45, 7) is 6.30. The third kappa shape index (κ3) is 6.46. The molecular formula is C29H40N6O3. The molecule has 5 rings (SSSR count). The van der Waals surface area contributed by atoms with Gasteiger partial charge in [-0.3, -0.25) is 10.00 Å². The van der Waals surface area contributed by atoms with Crippen molar-refractivity contribution in [3.63, 3.8) is 0 Å². The van der Waals surface area contributed by atoms with E-state index < -0.39 is 6.23 Å². The molecule has 2 atom stereocenters. The van der Waals surface area contributed by atoms with Crippen molar-refractivity contribution in [3.8, 4) is 11.5 Å². The summed E-state index contributed by atoms with van der Waals surface area (Å²) in [6, 6.07) is 16.9. The normalized spacial score (nSPS) is 20.4. The molecule has 0 bridgehead atoms. The second-order valence-electron chi connectivity index (χ2n) is 10.5. The predicted octanol–water partition coefficient (Wildman–Crippen LogP) is 2.89. The molecule has 2 aliphatic heterocycles. The van der Waals surface area contributed by atoms with Crippen molar-refractivity contribution in [2.24, 2.45) is 0 Å². The van der Waals surface area contributed by atoms with E-state index in [0.717, 1.165) is 75.0 Å². The van der Waals surface area contributed by atoms with Crippen molar-refractivity contribution < 1.29 is 14.6 Å². The Labute approximate surface area is 225 Å². The number of piperidine rings is 1. The molecule has 204 valence electrons. The van der Waals surface area contributed by atoms with Gasteiger partial charge in [0.05, 0.1) is 7.11 Å². The number of aliphatic hydroxyl groups excluding tert-OH is 1. The molecule has 38 heavy (non-hydrogen) atoms. The monoisotopic (exact) mass is 520 g/mol. The van der Waals surface area contributed by atoms with Crippen molar-refractivity contribution in [3.05, 3.63) is 65.7 Å². The molecule has 2 fully saturated rings. The van der Waals surface area contributed by atoms with Crippen molar-refractivity contribution in [2.75, 3.05) is 51.8 Å². The van der Waals surface area contributed by atoms with Crippen molar-refractivity contribution in [1.82, 2.24) is 25.0 Å². The fraction of sp³-hybridized carbons (Fsp3) is 0.517. The number of ether oxygens (including phenoxy) is 2. The van der Waals surface area contributed by atoms with Gasteiger partial charge in [-0.25, -0.2) is 4.98 Å². The van der Waals surface area contributed by atoms with Crippen molar-refractivity contribution in [1.29, 1.82) is 0 Å². The summed E-state index contributed by atoms with van der Waals surface area (Å²) in [6.07, 6.45) is 2.82. The third-order valence-electron chi connectivity index (χ3n) is 7.71. The maximum absolute atomic E-state index is 11.2. The fourth-order valence-corrected chi connectivity index (χ4v) is 5.56. The van der Waals surface area contributed by atoms with E-state index in [1.54, 1.807) is 7.11 Å². The lowest BCUT2D eigenvalue weighted by Gasteiger charge is -2.44. The van der Waals surface area contributed by atoms with E-state index in [1.165, 1.54) is 5.56 Å². The molecule has 0 amide bonds. The minimum atomic E-state index is -0.653. The number of piperazine rings is 1. The first-order valence-corrected chi connectivity index (χ1v) is 13.6. The van der Waals surface area contributed by atoms with Crippen LogP contribution in [-0.4, -0.2) is 95.3 Å². The van der Waals surface area contributed by atoms with Gasteiger partial charge in [-0.2, -0.15) is 5.10 Å². The molecule has 2 N–H and O–H groups in total. The zero-order chi connectivity index (χ0) is 26.5. The van der Waals surface area contributed by atoms with Crippen LogP contribution >= 0.6 is 0 Å². The lowest BCUT2D eigenvalue weighted by Crippen LogP contribution is -2.58. The van der Waals surface area contributed by atoms with Gasteiger partial charge in [0.15, 0.2) is 17.3 Å². The summed E-state index contributed by atoms with van der Waals surface area (Å²) in [7, 11) is 3.86. The molecule has 0 saturated carbocycles. The van der Waals surface area contributed by atoms with Crippen LogP contribution in [0.2, 0.25) is 0 Å². The van der Waals surface area contributed by atoms with Crippen LogP contribution in [0.3, 0.4) is 0 Å². The second kappa shape index (κ2) is 12.1. The van der Waals surface area contributed by atoms with E-state index in [4.69, 9.17) is 9.47 Å². The van der Waals surface area contributed by atoms with Crippen LogP contribution in [0.5, 0.6) is 11.5 Å². The fourth-order valence-electron chi connectivity index (χ4n) is 5.56. The second-order valence-corrected chi connectivity index (χ2v) is 10.5. The van der Waals surface area contributed by atoms with Crippen LogP contribution in [0.4, 0.5) is 5.69 Å². The first-order valence-electron chi connectivity index (χ1n) is 13.6. The lowest BCUT2D eigenvalue weighted by molar-refractivity contribution is -0.0305. The highest BCUT2D eigenvalue weighted by Gasteiger charge is 2.32. The SMILES string of the molecule is COc1ccc(N2CCN(C(O)Cc3n[nH]c(C)n3)C(Cc3ccccc3)C2)cc1OC1CCN(C)CC1. The highest BCUT2D eigenvalue weighted by Crippen LogP contribution is 2.35. The summed E-state index contributed by atoms with van der Waals surface area (Å²) in [4.78, 5) is 11.3. The van der Waals surface area contributed by atoms with Gasteiger partial charge in [-0.05, 0) is 50.9 Å². The summed E-state index contributed by atoms with van der Waals surface area (Å²) >= 11 is 0. The Morgan fingerprint density at radius 2 is 1.84 bits per heavy atom. The summed E-state index contributed by atoms with van der Waals surface area (Å²) in [5.41, 5.74) is 2.37. The van der Waals surface area contributed by atoms with E-state index in [-0.39, 0.29) is 12.1 Å². The molecular weight excluding hydrogens is 480 g/mol. The van der Waals surface area contributed by atoms with E-state index >= 15 is 0 Å². The van der Waals surface area contributed by atoms with E-state index in [2.05, 4.69) is 73.3 Å². The Hall–Kier alpha value is -3.14. The first-order chi connectivity index (χ1) is 18.5. The first kappa shape index (κ1) is 26.5. The number of benzene rings is 2. The van der Waals surface area contributed by atoms with Crippen LogP contribution in [-0.2, 0) is 12.8 Å². The largest absolute Gasteiger partial charge is 0.493 e. The van der Waals surface area contributed by atoms with Gasteiger partial charge in [0.1, 0.15) is 18.2 Å². The minimum absolute atomic E-state index is 0.126. The predicted molar refractivity (Wildman–Crippen MR) is 148 cm³/mol. The smallest absolute Gasteiger partial charge is 0.163 e. The lowest BCUT2D eigenvalue weighted by atomic mass is 10.0. The number of aromatic nitrogens is 3. The number of anilines is 1. The number of nitrogens with zero attached hydrogens (tertiary/aromatic N) is 5. The zero-order valence-corrected chi connectivity index (χ0v) is 22.7. The molecule has 0 radical (unpaired) electrons. The molecule has 0 spiro atoms. The molecule has 9 nitrogen and oxygen atoms in total. The zero-order valence-electron chi connectivity index (χ0n) is 22.7. The number of nitrogens with one attached hydrogen (secondary N) is 1. The molecule has 2 aliphatic rings. The minimum Gasteiger partial charge on any atom is -0.493 e.